The van der Waals surface area contributed by atoms with E-state index in [1.54, 1.807) is 7.11 Å². The van der Waals surface area contributed by atoms with Crippen LogP contribution >= 0.6 is 11.3 Å². The van der Waals surface area contributed by atoms with E-state index in [1.165, 1.54) is 11.3 Å². The number of amides is 2. The Hall–Kier alpha value is -2.19. The standard InChI is InChI=1S/C20H27N3O4S/c1-14-4-5-17(27-14)20-22-16(13-28-20)12-18(24)23-9-6-15(7-10-23)19(25)21-8-3-11-26-2/h4-5,13,15H,3,6-12H2,1-2H3,(H,21,25). The maximum Gasteiger partial charge on any atom is 0.228 e. The van der Waals surface area contributed by atoms with Gasteiger partial charge < -0.3 is 19.4 Å². The number of piperidine rings is 1. The van der Waals surface area contributed by atoms with Crippen LogP contribution in [0, 0.1) is 12.8 Å². The van der Waals surface area contributed by atoms with Crippen LogP contribution < -0.4 is 5.32 Å². The van der Waals surface area contributed by atoms with Crippen molar-refractivity contribution in [3.63, 3.8) is 0 Å². The van der Waals surface area contributed by atoms with Gasteiger partial charge in [-0.1, -0.05) is 0 Å². The van der Waals surface area contributed by atoms with E-state index in [1.807, 2.05) is 29.3 Å². The van der Waals surface area contributed by atoms with Crippen molar-refractivity contribution in [2.75, 3.05) is 33.4 Å². The third-order valence-corrected chi connectivity index (χ3v) is 5.78. The minimum absolute atomic E-state index is 0.0142. The molecule has 0 unspecified atom stereocenters. The van der Waals surface area contributed by atoms with Crippen molar-refractivity contribution < 1.29 is 18.7 Å². The number of methoxy groups -OCH3 is 1. The zero-order chi connectivity index (χ0) is 19.9. The molecule has 2 amide bonds. The first-order chi connectivity index (χ1) is 13.6. The molecular weight excluding hydrogens is 378 g/mol. The first kappa shape index (κ1) is 20.5. The maximum absolute atomic E-state index is 12.6. The van der Waals surface area contributed by atoms with Gasteiger partial charge in [-0.15, -0.1) is 11.3 Å². The fraction of sp³-hybridized carbons (Fsp3) is 0.550. The Morgan fingerprint density at radius 3 is 2.82 bits per heavy atom. The number of carbonyl (C=O) groups is 2. The van der Waals surface area contributed by atoms with Crippen LogP contribution in [0.3, 0.4) is 0 Å². The average Bonchev–Trinajstić information content (AvgIpc) is 3.34. The molecule has 0 bridgehead atoms. The van der Waals surface area contributed by atoms with E-state index in [0.29, 0.717) is 39.1 Å². The highest BCUT2D eigenvalue weighted by atomic mass is 32.1. The number of nitrogens with one attached hydrogen (secondary N) is 1. The molecule has 152 valence electrons. The van der Waals surface area contributed by atoms with Gasteiger partial charge in [0.2, 0.25) is 11.8 Å². The van der Waals surface area contributed by atoms with Crippen LogP contribution in [0.25, 0.3) is 10.8 Å². The lowest BCUT2D eigenvalue weighted by atomic mass is 9.95. The van der Waals surface area contributed by atoms with Crippen molar-refractivity contribution >= 4 is 23.2 Å². The monoisotopic (exact) mass is 405 g/mol. The molecule has 2 aromatic heterocycles. The molecule has 8 heteroatoms. The quantitative estimate of drug-likeness (QED) is 0.683. The Bertz CT molecular complexity index is 793. The molecule has 1 saturated heterocycles. The highest BCUT2D eigenvalue weighted by molar-refractivity contribution is 7.13. The van der Waals surface area contributed by atoms with Gasteiger partial charge in [0.15, 0.2) is 10.8 Å². The summed E-state index contributed by atoms with van der Waals surface area (Å²) >= 11 is 1.48. The number of hydrogen-bond donors (Lipinski definition) is 1. The lowest BCUT2D eigenvalue weighted by Gasteiger charge is -2.31. The van der Waals surface area contributed by atoms with E-state index in [9.17, 15) is 9.59 Å². The van der Waals surface area contributed by atoms with Crippen molar-refractivity contribution in [1.82, 2.24) is 15.2 Å². The number of ether oxygens (including phenoxy) is 1. The fourth-order valence-corrected chi connectivity index (χ4v) is 4.06. The second-order valence-corrected chi connectivity index (χ2v) is 7.88. The molecule has 3 rings (SSSR count). The Morgan fingerprint density at radius 2 is 2.14 bits per heavy atom. The molecule has 0 aromatic carbocycles. The molecule has 0 spiro atoms. The summed E-state index contributed by atoms with van der Waals surface area (Å²) in [5, 5.41) is 5.65. The molecule has 7 nitrogen and oxygen atoms in total. The molecule has 28 heavy (non-hydrogen) atoms. The lowest BCUT2D eigenvalue weighted by Crippen LogP contribution is -2.43. The second kappa shape index (κ2) is 9.84. The van der Waals surface area contributed by atoms with Gasteiger partial charge in [0.1, 0.15) is 5.76 Å². The smallest absolute Gasteiger partial charge is 0.228 e. The second-order valence-electron chi connectivity index (χ2n) is 7.02. The predicted octanol–water partition coefficient (Wildman–Crippen LogP) is 2.65. The van der Waals surface area contributed by atoms with Crippen LogP contribution in [0.4, 0.5) is 0 Å². The van der Waals surface area contributed by atoms with Crippen LogP contribution in [0.2, 0.25) is 0 Å². The summed E-state index contributed by atoms with van der Waals surface area (Å²) in [5.41, 5.74) is 0.761. The minimum atomic E-state index is -0.0142. The van der Waals surface area contributed by atoms with Gasteiger partial charge in [0, 0.05) is 44.6 Å². The Balaban J connectivity index is 1.44. The summed E-state index contributed by atoms with van der Waals surface area (Å²) in [6.07, 6.45) is 2.50. The Morgan fingerprint density at radius 1 is 1.36 bits per heavy atom. The number of aryl methyl sites for hydroxylation is 1. The molecule has 1 aliphatic rings. The van der Waals surface area contributed by atoms with E-state index in [-0.39, 0.29) is 24.2 Å². The molecular formula is C20H27N3O4S. The van der Waals surface area contributed by atoms with Crippen LogP contribution in [0.1, 0.15) is 30.7 Å². The van der Waals surface area contributed by atoms with E-state index < -0.39 is 0 Å². The molecule has 1 N–H and O–H groups in total. The van der Waals surface area contributed by atoms with E-state index in [4.69, 9.17) is 9.15 Å². The van der Waals surface area contributed by atoms with E-state index in [2.05, 4.69) is 10.3 Å². The normalized spacial score (nSPS) is 15.0. The number of likely N-dealkylation sites (tertiary alicyclic amines) is 1. The molecule has 2 aromatic rings. The summed E-state index contributed by atoms with van der Waals surface area (Å²) < 4.78 is 10.6. The number of aromatic nitrogens is 1. The number of hydrogen-bond acceptors (Lipinski definition) is 6. The zero-order valence-corrected chi connectivity index (χ0v) is 17.2. The van der Waals surface area contributed by atoms with Crippen LogP contribution in [-0.2, 0) is 20.7 Å². The maximum atomic E-state index is 12.6. The number of rotatable bonds is 8. The lowest BCUT2D eigenvalue weighted by molar-refractivity contribution is -0.135. The summed E-state index contributed by atoms with van der Waals surface area (Å²) in [5.74, 6) is 1.71. The van der Waals surface area contributed by atoms with Gasteiger partial charge in [-0.25, -0.2) is 4.98 Å². The first-order valence-corrected chi connectivity index (χ1v) is 10.5. The summed E-state index contributed by atoms with van der Waals surface area (Å²) in [7, 11) is 1.65. The van der Waals surface area contributed by atoms with Gasteiger partial charge in [-0.05, 0) is 38.3 Å². The summed E-state index contributed by atoms with van der Waals surface area (Å²) in [4.78, 5) is 31.1. The van der Waals surface area contributed by atoms with Gasteiger partial charge in [0.25, 0.3) is 0 Å². The fourth-order valence-electron chi connectivity index (χ4n) is 3.28. The van der Waals surface area contributed by atoms with Crippen LogP contribution in [-0.4, -0.2) is 55.0 Å². The molecule has 0 aliphatic carbocycles. The van der Waals surface area contributed by atoms with Crippen LogP contribution in [0.15, 0.2) is 21.9 Å². The Labute approximate surface area is 169 Å². The highest BCUT2D eigenvalue weighted by Crippen LogP contribution is 2.26. The van der Waals surface area contributed by atoms with Crippen molar-refractivity contribution in [2.24, 2.45) is 5.92 Å². The number of furan rings is 1. The first-order valence-electron chi connectivity index (χ1n) is 9.62. The van der Waals surface area contributed by atoms with E-state index in [0.717, 1.165) is 28.6 Å². The molecule has 3 heterocycles. The van der Waals surface area contributed by atoms with Gasteiger partial charge in [0.05, 0.1) is 12.1 Å². The topological polar surface area (TPSA) is 84.7 Å². The van der Waals surface area contributed by atoms with Crippen LogP contribution in [0.5, 0.6) is 0 Å². The molecule has 1 fully saturated rings. The SMILES string of the molecule is COCCCNC(=O)C1CCN(C(=O)Cc2csc(-c3ccc(C)o3)n2)CC1. The van der Waals surface area contributed by atoms with E-state index >= 15 is 0 Å². The summed E-state index contributed by atoms with van der Waals surface area (Å²) in [6.45, 7) is 4.40. The number of carbonyl (C=O) groups excluding carboxylic acids is 2. The average molecular weight is 406 g/mol. The zero-order valence-electron chi connectivity index (χ0n) is 16.4. The van der Waals surface area contributed by atoms with Crippen molar-refractivity contribution in [3.05, 3.63) is 29.0 Å². The molecule has 0 saturated carbocycles. The number of thiazole rings is 1. The molecule has 0 radical (unpaired) electrons. The van der Waals surface area contributed by atoms with Crippen molar-refractivity contribution in [3.8, 4) is 10.8 Å². The van der Waals surface area contributed by atoms with Crippen molar-refractivity contribution in [1.29, 1.82) is 0 Å². The molecule has 0 atom stereocenters. The highest BCUT2D eigenvalue weighted by Gasteiger charge is 2.27. The Kier molecular flexibility index (Phi) is 7.22. The van der Waals surface area contributed by atoms with Gasteiger partial charge in [-0.3, -0.25) is 9.59 Å². The van der Waals surface area contributed by atoms with Crippen molar-refractivity contribution in [2.45, 2.75) is 32.6 Å². The molecule has 1 aliphatic heterocycles. The van der Waals surface area contributed by atoms with Gasteiger partial charge in [-0.2, -0.15) is 0 Å². The third-order valence-electron chi connectivity index (χ3n) is 4.88. The third kappa shape index (κ3) is 5.42. The minimum Gasteiger partial charge on any atom is -0.459 e. The van der Waals surface area contributed by atoms with Gasteiger partial charge >= 0.3 is 0 Å². The largest absolute Gasteiger partial charge is 0.459 e. The summed E-state index contributed by atoms with van der Waals surface area (Å²) in [6, 6.07) is 3.80. The predicted molar refractivity (Wildman–Crippen MR) is 107 cm³/mol. The number of nitrogens with zero attached hydrogens (tertiary/aromatic N) is 2.